The molecule has 1 N–H and O–H groups in total. The molecule has 47 heavy (non-hydrogen) atoms. The molecule has 1 saturated heterocycles. The Morgan fingerprint density at radius 2 is 1.85 bits per heavy atom. The van der Waals surface area contributed by atoms with E-state index in [1.807, 2.05) is 49.4 Å². The number of hydrogen-bond donors (Lipinski definition) is 1. The van der Waals surface area contributed by atoms with Gasteiger partial charge in [-0.1, -0.05) is 68.4 Å². The average Bonchev–Trinajstić information content (AvgIpc) is 3.65. The van der Waals surface area contributed by atoms with Gasteiger partial charge >= 0.3 is 12.4 Å². The van der Waals surface area contributed by atoms with Crippen LogP contribution in [0.4, 0.5) is 23.7 Å². The Morgan fingerprint density at radius 3 is 2.55 bits per heavy atom. The fourth-order valence-corrected chi connectivity index (χ4v) is 6.07. The third-order valence-corrected chi connectivity index (χ3v) is 8.42. The molecule has 1 atom stereocenters. The lowest BCUT2D eigenvalue weighted by Crippen LogP contribution is -2.32. The van der Waals surface area contributed by atoms with Gasteiger partial charge in [0.1, 0.15) is 12.1 Å². The van der Waals surface area contributed by atoms with Crippen LogP contribution in [0, 0.1) is 12.8 Å². The van der Waals surface area contributed by atoms with E-state index in [0.29, 0.717) is 23.2 Å². The number of benzene rings is 3. The summed E-state index contributed by atoms with van der Waals surface area (Å²) in [6.07, 6.45) is 0.0545. The van der Waals surface area contributed by atoms with E-state index in [1.54, 1.807) is 4.90 Å². The van der Waals surface area contributed by atoms with E-state index in [0.717, 1.165) is 53.6 Å². The van der Waals surface area contributed by atoms with Crippen LogP contribution < -0.4 is 15.0 Å². The van der Waals surface area contributed by atoms with Crippen molar-refractivity contribution in [3.63, 3.8) is 0 Å². The van der Waals surface area contributed by atoms with Crippen LogP contribution in [0.5, 0.6) is 5.75 Å². The second kappa shape index (κ2) is 14.8. The predicted molar refractivity (Wildman–Crippen MR) is 177 cm³/mol. The highest BCUT2D eigenvalue weighted by Gasteiger charge is 2.32. The van der Waals surface area contributed by atoms with Gasteiger partial charge in [0, 0.05) is 12.1 Å². The molecule has 1 fully saturated rings. The van der Waals surface area contributed by atoms with E-state index in [2.05, 4.69) is 39.0 Å². The van der Waals surface area contributed by atoms with E-state index in [4.69, 9.17) is 0 Å². The molecule has 2 heterocycles. The Morgan fingerprint density at radius 1 is 1.11 bits per heavy atom. The molecule has 0 aliphatic carbocycles. The number of carbonyl (C=O) groups excluding carboxylic acids is 2. The largest absolute Gasteiger partial charge is 0.573 e. The van der Waals surface area contributed by atoms with Crippen molar-refractivity contribution in [2.75, 3.05) is 17.2 Å². The molecule has 0 spiro atoms. The highest BCUT2D eigenvalue weighted by atomic mass is 32.2. The van der Waals surface area contributed by atoms with Crippen molar-refractivity contribution in [1.29, 1.82) is 0 Å². The zero-order valence-electron chi connectivity index (χ0n) is 26.3. The number of carbonyl (C=O) groups is 2. The van der Waals surface area contributed by atoms with Crippen molar-refractivity contribution in [3.05, 3.63) is 89.7 Å². The molecule has 1 aromatic heterocycles. The van der Waals surface area contributed by atoms with E-state index in [9.17, 15) is 22.8 Å². The molecule has 4 aromatic rings. The maximum Gasteiger partial charge on any atom is 0.573 e. The fourth-order valence-electron chi connectivity index (χ4n) is 5.21. The van der Waals surface area contributed by atoms with Crippen molar-refractivity contribution in [3.8, 4) is 22.8 Å². The van der Waals surface area contributed by atoms with Crippen molar-refractivity contribution < 1.29 is 27.5 Å². The quantitative estimate of drug-likeness (QED) is 0.178. The number of thioether (sulfide) groups is 1. The van der Waals surface area contributed by atoms with E-state index >= 15 is 0 Å². The molecule has 3 amide bonds. The van der Waals surface area contributed by atoms with Crippen LogP contribution in [0.25, 0.3) is 17.1 Å². The van der Waals surface area contributed by atoms with Crippen molar-refractivity contribution in [2.24, 2.45) is 10.9 Å². The first kappa shape index (κ1) is 33.7. The standard InChI is InChI=1S/C34H35F3N6O3S/c1-4-5-25-9-6-22(2)19-29(25)43-30(44)20-47-33(43)40-32(45)38-17-16-23(3)18-24-7-10-26(11-8-24)31-39-21-42(41-31)27-12-14-28(15-13-27)46-34(35,36)37/h6-15,19,21,23H,4-5,16-18,20H2,1-3H3,(H,38,45). The molecule has 1 aliphatic rings. The predicted octanol–water partition coefficient (Wildman–Crippen LogP) is 7.51. The zero-order chi connectivity index (χ0) is 33.6. The smallest absolute Gasteiger partial charge is 0.406 e. The lowest BCUT2D eigenvalue weighted by Gasteiger charge is -2.20. The molecule has 3 aromatic carbocycles. The third kappa shape index (κ3) is 9.00. The molecular weight excluding hydrogens is 629 g/mol. The normalized spacial score (nSPS) is 14.9. The molecule has 246 valence electrons. The number of nitrogens with one attached hydrogen (secondary N) is 1. The first-order chi connectivity index (χ1) is 22.5. The Bertz CT molecular complexity index is 1740. The van der Waals surface area contributed by atoms with Crippen molar-refractivity contribution in [1.82, 2.24) is 20.1 Å². The number of aryl methyl sites for hydroxylation is 2. The van der Waals surface area contributed by atoms with Crippen LogP contribution in [0.3, 0.4) is 0 Å². The summed E-state index contributed by atoms with van der Waals surface area (Å²) in [6, 6.07) is 18.8. The summed E-state index contributed by atoms with van der Waals surface area (Å²) in [5.74, 6) is 0.612. The molecule has 0 radical (unpaired) electrons. The van der Waals surface area contributed by atoms with E-state index < -0.39 is 12.4 Å². The first-order valence-corrected chi connectivity index (χ1v) is 16.3. The van der Waals surface area contributed by atoms with Gasteiger partial charge in [0.05, 0.1) is 17.1 Å². The van der Waals surface area contributed by atoms with Gasteiger partial charge in [-0.25, -0.2) is 14.5 Å². The van der Waals surface area contributed by atoms with Crippen LogP contribution in [0.2, 0.25) is 0 Å². The van der Waals surface area contributed by atoms with Gasteiger partial charge in [-0.2, -0.15) is 4.99 Å². The van der Waals surface area contributed by atoms with Crippen LogP contribution in [0.1, 0.15) is 43.4 Å². The number of amides is 3. The summed E-state index contributed by atoms with van der Waals surface area (Å²) < 4.78 is 42.7. The number of halogens is 3. The number of hydrogen-bond acceptors (Lipinski definition) is 6. The number of alkyl halides is 3. The molecule has 9 nitrogen and oxygen atoms in total. The molecular formula is C34H35F3N6O3S. The highest BCUT2D eigenvalue weighted by molar-refractivity contribution is 8.15. The first-order valence-electron chi connectivity index (χ1n) is 15.3. The Hall–Kier alpha value is -4.65. The van der Waals surface area contributed by atoms with Gasteiger partial charge in [-0.15, -0.1) is 18.3 Å². The van der Waals surface area contributed by atoms with Gasteiger partial charge < -0.3 is 10.1 Å². The fraction of sp³-hybridized carbons (Fsp3) is 0.324. The number of ether oxygens (including phenoxy) is 1. The second-order valence-corrected chi connectivity index (χ2v) is 12.3. The Labute approximate surface area is 275 Å². The van der Waals surface area contributed by atoms with Crippen LogP contribution in [-0.2, 0) is 17.6 Å². The van der Waals surface area contributed by atoms with Gasteiger partial charge in [0.25, 0.3) is 0 Å². The lowest BCUT2D eigenvalue weighted by molar-refractivity contribution is -0.274. The summed E-state index contributed by atoms with van der Waals surface area (Å²) >= 11 is 1.27. The Balaban J connectivity index is 1.12. The molecule has 0 bridgehead atoms. The SMILES string of the molecule is CCCc1ccc(C)cc1N1C(=O)CSC1=NC(=O)NCCC(C)Cc1ccc(-c2ncn(-c3ccc(OC(F)(F)F)cc3)n2)cc1. The molecule has 1 aliphatic heterocycles. The van der Waals surface area contributed by atoms with Crippen molar-refractivity contribution in [2.45, 2.75) is 52.8 Å². The van der Waals surface area contributed by atoms with Crippen LogP contribution >= 0.6 is 11.8 Å². The minimum atomic E-state index is -4.75. The molecule has 1 unspecified atom stereocenters. The highest BCUT2D eigenvalue weighted by Crippen LogP contribution is 2.31. The maximum atomic E-state index is 12.8. The second-order valence-electron chi connectivity index (χ2n) is 11.4. The number of anilines is 1. The van der Waals surface area contributed by atoms with Crippen molar-refractivity contribution >= 4 is 34.6 Å². The van der Waals surface area contributed by atoms with Gasteiger partial charge in [0.15, 0.2) is 11.0 Å². The Kier molecular flexibility index (Phi) is 10.6. The topological polar surface area (TPSA) is 102 Å². The lowest BCUT2D eigenvalue weighted by atomic mass is 9.97. The van der Waals surface area contributed by atoms with Crippen LogP contribution in [-0.4, -0.2) is 50.5 Å². The minimum Gasteiger partial charge on any atom is -0.406 e. The monoisotopic (exact) mass is 664 g/mol. The summed E-state index contributed by atoms with van der Waals surface area (Å²) in [6.45, 7) is 6.63. The number of aromatic nitrogens is 3. The zero-order valence-corrected chi connectivity index (χ0v) is 27.1. The summed E-state index contributed by atoms with van der Waals surface area (Å²) in [7, 11) is 0. The number of rotatable bonds is 11. The molecule has 0 saturated carbocycles. The number of amidine groups is 1. The van der Waals surface area contributed by atoms with Crippen LogP contribution in [0.15, 0.2) is 78.0 Å². The summed E-state index contributed by atoms with van der Waals surface area (Å²) in [5.41, 5.74) is 5.35. The summed E-state index contributed by atoms with van der Waals surface area (Å²) in [5, 5.41) is 7.72. The number of aliphatic imine (C=N–C) groups is 1. The molecule has 5 rings (SSSR count). The van der Waals surface area contributed by atoms with E-state index in [1.165, 1.54) is 47.0 Å². The van der Waals surface area contributed by atoms with Gasteiger partial charge in [0.2, 0.25) is 5.91 Å². The third-order valence-electron chi connectivity index (χ3n) is 7.50. The maximum absolute atomic E-state index is 12.8. The average molecular weight is 665 g/mol. The van der Waals surface area contributed by atoms with Gasteiger partial charge in [-0.3, -0.25) is 9.69 Å². The minimum absolute atomic E-state index is 0.0820. The summed E-state index contributed by atoms with van der Waals surface area (Å²) in [4.78, 5) is 35.6. The van der Waals surface area contributed by atoms with E-state index in [-0.39, 0.29) is 23.3 Å². The number of nitrogens with zero attached hydrogens (tertiary/aromatic N) is 5. The number of urea groups is 1. The molecule has 13 heteroatoms. The van der Waals surface area contributed by atoms with Gasteiger partial charge in [-0.05, 0) is 79.1 Å².